The zero-order valence-corrected chi connectivity index (χ0v) is 17.4. The monoisotopic (exact) mass is 431 g/mol. The van der Waals surface area contributed by atoms with E-state index in [2.05, 4.69) is 0 Å². The molecular formula is C21H21NO7S. The fourth-order valence-electron chi connectivity index (χ4n) is 3.41. The quantitative estimate of drug-likeness (QED) is 0.614. The number of aromatic nitrogens is 1. The SMILES string of the molecule is COc1cc2c(CCC(=O)O)cn(S(=O)c3ccc4c(c3)OCCO4)c2cc1OC. The third-order valence-corrected chi connectivity index (χ3v) is 6.18. The normalized spacial score (nSPS) is 13.8. The highest BCUT2D eigenvalue weighted by atomic mass is 32.2. The molecule has 2 heterocycles. The molecule has 4 rings (SSSR count). The van der Waals surface area contributed by atoms with E-state index in [0.29, 0.717) is 53.0 Å². The average molecular weight is 431 g/mol. The third-order valence-electron chi connectivity index (χ3n) is 4.86. The molecule has 1 N–H and O–H groups in total. The summed E-state index contributed by atoms with van der Waals surface area (Å²) in [7, 11) is 1.47. The molecule has 1 atom stereocenters. The van der Waals surface area contributed by atoms with Crippen LogP contribution in [-0.4, -0.2) is 46.7 Å². The molecule has 0 radical (unpaired) electrons. The van der Waals surface area contributed by atoms with Gasteiger partial charge in [-0.25, -0.2) is 4.21 Å². The van der Waals surface area contributed by atoms with E-state index in [0.717, 1.165) is 10.9 Å². The number of fused-ring (bicyclic) bond motifs is 2. The van der Waals surface area contributed by atoms with E-state index < -0.39 is 17.0 Å². The van der Waals surface area contributed by atoms with E-state index in [1.165, 1.54) is 14.2 Å². The van der Waals surface area contributed by atoms with Crippen molar-refractivity contribution < 1.29 is 33.1 Å². The van der Waals surface area contributed by atoms with Gasteiger partial charge in [-0.15, -0.1) is 0 Å². The second kappa shape index (κ2) is 8.27. The lowest BCUT2D eigenvalue weighted by molar-refractivity contribution is -0.136. The molecule has 30 heavy (non-hydrogen) atoms. The lowest BCUT2D eigenvalue weighted by atomic mass is 10.1. The van der Waals surface area contributed by atoms with Crippen molar-refractivity contribution in [3.63, 3.8) is 0 Å². The molecule has 0 fully saturated rings. The molecule has 1 aliphatic heterocycles. The van der Waals surface area contributed by atoms with Gasteiger partial charge in [0.05, 0.1) is 24.6 Å². The molecule has 0 amide bonds. The first-order valence-electron chi connectivity index (χ1n) is 9.31. The van der Waals surface area contributed by atoms with Crippen molar-refractivity contribution in [1.82, 2.24) is 3.97 Å². The Balaban J connectivity index is 1.82. The van der Waals surface area contributed by atoms with Gasteiger partial charge in [0.15, 0.2) is 34.0 Å². The summed E-state index contributed by atoms with van der Waals surface area (Å²) in [5.41, 5.74) is 1.42. The van der Waals surface area contributed by atoms with Gasteiger partial charge in [0, 0.05) is 30.1 Å². The van der Waals surface area contributed by atoms with E-state index >= 15 is 0 Å². The van der Waals surface area contributed by atoms with E-state index in [4.69, 9.17) is 24.1 Å². The number of nitrogens with zero attached hydrogens (tertiary/aromatic N) is 1. The fraction of sp³-hybridized carbons (Fsp3) is 0.286. The summed E-state index contributed by atoms with van der Waals surface area (Å²) in [4.78, 5) is 11.6. The molecule has 0 spiro atoms. The first-order chi connectivity index (χ1) is 14.5. The van der Waals surface area contributed by atoms with Gasteiger partial charge in [-0.2, -0.15) is 0 Å². The Morgan fingerprint density at radius 3 is 2.50 bits per heavy atom. The molecular weight excluding hydrogens is 410 g/mol. The Hall–Kier alpha value is -3.20. The number of ether oxygens (including phenoxy) is 4. The first-order valence-corrected chi connectivity index (χ1v) is 10.4. The van der Waals surface area contributed by atoms with Gasteiger partial charge < -0.3 is 24.1 Å². The highest BCUT2D eigenvalue weighted by Crippen LogP contribution is 2.37. The van der Waals surface area contributed by atoms with Crippen molar-refractivity contribution in [1.29, 1.82) is 0 Å². The highest BCUT2D eigenvalue weighted by Gasteiger charge is 2.20. The Morgan fingerprint density at radius 1 is 1.10 bits per heavy atom. The van der Waals surface area contributed by atoms with Crippen LogP contribution in [0.15, 0.2) is 41.4 Å². The van der Waals surface area contributed by atoms with Crippen molar-refractivity contribution in [2.24, 2.45) is 0 Å². The van der Waals surface area contributed by atoms with Gasteiger partial charge in [-0.1, -0.05) is 0 Å². The topological polar surface area (TPSA) is 96.2 Å². The van der Waals surface area contributed by atoms with Crippen LogP contribution >= 0.6 is 0 Å². The van der Waals surface area contributed by atoms with Crippen molar-refractivity contribution in [2.45, 2.75) is 17.7 Å². The fourth-order valence-corrected chi connectivity index (χ4v) is 4.58. The maximum atomic E-state index is 13.4. The Bertz CT molecular complexity index is 1140. The van der Waals surface area contributed by atoms with Crippen LogP contribution in [-0.2, 0) is 22.2 Å². The number of methoxy groups -OCH3 is 2. The van der Waals surface area contributed by atoms with Gasteiger partial charge in [-0.05, 0) is 30.2 Å². The summed E-state index contributed by atoms with van der Waals surface area (Å²) in [6.45, 7) is 0.915. The number of hydrogen-bond acceptors (Lipinski definition) is 6. The van der Waals surface area contributed by atoms with E-state index in [1.54, 1.807) is 40.5 Å². The largest absolute Gasteiger partial charge is 0.493 e. The standard InChI is InChI=1S/C21H21NO7S/c1-26-18-10-15-13(3-6-21(23)24)12-22(16(15)11-19(18)27-2)30(25)14-4-5-17-20(9-14)29-8-7-28-17/h4-5,9-12H,3,6-8H2,1-2H3,(H,23,24). The number of carboxylic acid groups (broad SMARTS) is 1. The van der Waals surface area contributed by atoms with Crippen molar-refractivity contribution in [3.8, 4) is 23.0 Å². The smallest absolute Gasteiger partial charge is 0.303 e. The number of benzene rings is 2. The van der Waals surface area contributed by atoms with Crippen LogP contribution in [0.3, 0.4) is 0 Å². The third kappa shape index (κ3) is 3.68. The van der Waals surface area contributed by atoms with E-state index in [1.807, 2.05) is 0 Å². The molecule has 0 aliphatic carbocycles. The number of hydrogen-bond donors (Lipinski definition) is 1. The molecule has 1 aliphatic rings. The summed E-state index contributed by atoms with van der Waals surface area (Å²) in [5, 5.41) is 9.86. The number of carbonyl (C=O) groups is 1. The van der Waals surface area contributed by atoms with Gasteiger partial charge in [0.25, 0.3) is 0 Å². The zero-order valence-electron chi connectivity index (χ0n) is 16.5. The number of aliphatic carboxylic acids is 1. The van der Waals surface area contributed by atoms with Crippen molar-refractivity contribution in [3.05, 3.63) is 42.1 Å². The Kier molecular flexibility index (Phi) is 5.54. The molecule has 0 saturated heterocycles. The summed E-state index contributed by atoms with van der Waals surface area (Å²) in [6.07, 6.45) is 1.98. The van der Waals surface area contributed by atoms with Crippen LogP contribution in [0.4, 0.5) is 0 Å². The minimum atomic E-state index is -1.59. The second-order valence-corrected chi connectivity index (χ2v) is 8.02. The molecule has 9 heteroatoms. The number of carboxylic acids is 1. The van der Waals surface area contributed by atoms with Crippen molar-refractivity contribution >= 4 is 27.9 Å². The van der Waals surface area contributed by atoms with Crippen LogP contribution in [0.2, 0.25) is 0 Å². The molecule has 0 saturated carbocycles. The highest BCUT2D eigenvalue weighted by molar-refractivity contribution is 7.83. The first kappa shape index (κ1) is 20.1. The maximum Gasteiger partial charge on any atom is 0.303 e. The van der Waals surface area contributed by atoms with Gasteiger partial charge in [0.2, 0.25) is 0 Å². The summed E-state index contributed by atoms with van der Waals surface area (Å²) >= 11 is 0. The maximum absolute atomic E-state index is 13.4. The minimum Gasteiger partial charge on any atom is -0.493 e. The predicted octanol–water partition coefficient (Wildman–Crippen LogP) is 3.02. The minimum absolute atomic E-state index is 0.0376. The van der Waals surface area contributed by atoms with Crippen LogP contribution in [0.5, 0.6) is 23.0 Å². The summed E-state index contributed by atoms with van der Waals surface area (Å²) in [5.74, 6) is 1.28. The molecule has 1 unspecified atom stereocenters. The Morgan fingerprint density at radius 2 is 1.80 bits per heavy atom. The number of rotatable bonds is 7. The number of aryl methyl sites for hydroxylation is 1. The summed E-state index contributed by atoms with van der Waals surface area (Å²) in [6, 6.07) is 8.70. The van der Waals surface area contributed by atoms with Crippen LogP contribution < -0.4 is 18.9 Å². The van der Waals surface area contributed by atoms with Crippen LogP contribution in [0.1, 0.15) is 12.0 Å². The van der Waals surface area contributed by atoms with Crippen molar-refractivity contribution in [2.75, 3.05) is 27.4 Å². The van der Waals surface area contributed by atoms with Crippen LogP contribution in [0, 0.1) is 0 Å². The average Bonchev–Trinajstić information content (AvgIpc) is 3.13. The van der Waals surface area contributed by atoms with E-state index in [9.17, 15) is 9.00 Å². The van der Waals surface area contributed by atoms with Gasteiger partial charge in [0.1, 0.15) is 13.2 Å². The molecule has 2 aromatic carbocycles. The lowest BCUT2D eigenvalue weighted by Gasteiger charge is -2.18. The van der Waals surface area contributed by atoms with Crippen LogP contribution in [0.25, 0.3) is 10.9 Å². The second-order valence-electron chi connectivity index (χ2n) is 6.65. The zero-order chi connectivity index (χ0) is 21.3. The van der Waals surface area contributed by atoms with Gasteiger partial charge >= 0.3 is 5.97 Å². The summed E-state index contributed by atoms with van der Waals surface area (Å²) < 4.78 is 37.0. The van der Waals surface area contributed by atoms with Gasteiger partial charge in [-0.3, -0.25) is 8.77 Å². The lowest BCUT2D eigenvalue weighted by Crippen LogP contribution is -2.15. The van der Waals surface area contributed by atoms with E-state index in [-0.39, 0.29) is 6.42 Å². The molecule has 1 aromatic heterocycles. The molecule has 0 bridgehead atoms. The molecule has 158 valence electrons. The molecule has 3 aromatic rings. The molecule has 8 nitrogen and oxygen atoms in total. The predicted molar refractivity (Wildman–Crippen MR) is 110 cm³/mol. The Labute approximate surface area is 175 Å².